The lowest BCUT2D eigenvalue weighted by Gasteiger charge is -2.43. The van der Waals surface area contributed by atoms with Gasteiger partial charge in [0, 0.05) is 44.3 Å². The number of nitrogens with one attached hydrogen (secondary N) is 1. The molecule has 2 N–H and O–H groups in total. The van der Waals surface area contributed by atoms with Crippen molar-refractivity contribution in [2.24, 2.45) is 0 Å². The highest BCUT2D eigenvalue weighted by atomic mass is 35.5. The smallest absolute Gasteiger partial charge is 0.408 e. The lowest BCUT2D eigenvalue weighted by atomic mass is 9.87. The van der Waals surface area contributed by atoms with E-state index in [0.29, 0.717) is 6.42 Å². The molecule has 38 heavy (non-hydrogen) atoms. The summed E-state index contributed by atoms with van der Waals surface area (Å²) in [5, 5.41) is 13.5. The molecular weight excluding hydrogens is 523 g/mol. The van der Waals surface area contributed by atoms with E-state index in [9.17, 15) is 14.7 Å². The number of amides is 2. The standard InChI is InChI=1S/C29H40N4O3.2ClH/c1-20(2)32(29(35)36)28-17-21(3)33(22(4)34)27-12-11-25(18-26(27)28)24-9-7-23(8-10-24)19-30-13-16-31-14-5-6-15-31;;/h7-12,18,20-21,28,30H,5-6,13-17,19H2,1-4H3,(H,35,36);2*1H/t21-,28+;;/m0../s1. The van der Waals surface area contributed by atoms with Crippen LogP contribution in [0.25, 0.3) is 11.1 Å². The summed E-state index contributed by atoms with van der Waals surface area (Å²) >= 11 is 0. The molecule has 2 amide bonds. The third kappa shape index (κ3) is 7.20. The van der Waals surface area contributed by atoms with Gasteiger partial charge in [-0.25, -0.2) is 4.79 Å². The van der Waals surface area contributed by atoms with Crippen LogP contribution in [0.4, 0.5) is 10.5 Å². The monoisotopic (exact) mass is 564 g/mol. The highest BCUT2D eigenvalue weighted by Crippen LogP contribution is 2.43. The Kier molecular flexibility index (Phi) is 11.9. The summed E-state index contributed by atoms with van der Waals surface area (Å²) in [5.41, 5.74) is 5.05. The third-order valence-electron chi connectivity index (χ3n) is 7.52. The van der Waals surface area contributed by atoms with Crippen LogP contribution in [0, 0.1) is 0 Å². The fourth-order valence-electron chi connectivity index (χ4n) is 5.76. The Hall–Kier alpha value is -2.32. The van der Waals surface area contributed by atoms with Gasteiger partial charge in [0.25, 0.3) is 0 Å². The number of likely N-dealkylation sites (tertiary alicyclic amines) is 1. The topological polar surface area (TPSA) is 76.1 Å². The molecule has 0 bridgehead atoms. The maximum atomic E-state index is 12.5. The predicted molar refractivity (Wildman–Crippen MR) is 159 cm³/mol. The molecule has 2 aromatic carbocycles. The first kappa shape index (κ1) is 31.9. The van der Waals surface area contributed by atoms with Gasteiger partial charge in [-0.2, -0.15) is 0 Å². The van der Waals surface area contributed by atoms with E-state index in [1.54, 1.807) is 11.8 Å². The molecule has 0 saturated carbocycles. The normalized spacial score (nSPS) is 18.9. The quantitative estimate of drug-likeness (QED) is 0.387. The van der Waals surface area contributed by atoms with Crippen molar-refractivity contribution in [2.45, 2.75) is 71.6 Å². The summed E-state index contributed by atoms with van der Waals surface area (Å²) in [6, 6.07) is 14.1. The predicted octanol–water partition coefficient (Wildman–Crippen LogP) is 5.96. The van der Waals surface area contributed by atoms with Crippen LogP contribution in [0.15, 0.2) is 42.5 Å². The van der Waals surface area contributed by atoms with Crippen LogP contribution < -0.4 is 10.2 Å². The Morgan fingerprint density at radius 2 is 1.68 bits per heavy atom. The van der Waals surface area contributed by atoms with Gasteiger partial charge in [0.05, 0.1) is 6.04 Å². The summed E-state index contributed by atoms with van der Waals surface area (Å²) < 4.78 is 0. The van der Waals surface area contributed by atoms with E-state index in [1.807, 2.05) is 32.9 Å². The van der Waals surface area contributed by atoms with Gasteiger partial charge in [0.1, 0.15) is 0 Å². The number of carbonyl (C=O) groups excluding carboxylic acids is 1. The number of rotatable bonds is 8. The van der Waals surface area contributed by atoms with Crippen LogP contribution in [-0.4, -0.2) is 65.2 Å². The molecule has 1 fully saturated rings. The highest BCUT2D eigenvalue weighted by molar-refractivity contribution is 5.94. The molecule has 0 radical (unpaired) electrons. The summed E-state index contributed by atoms with van der Waals surface area (Å²) in [5.74, 6) is -0.0250. The van der Waals surface area contributed by atoms with Gasteiger partial charge in [0.2, 0.25) is 5.91 Å². The summed E-state index contributed by atoms with van der Waals surface area (Å²) in [6.07, 6.45) is 2.28. The Balaban J connectivity index is 0.00000253. The number of anilines is 1. The first-order chi connectivity index (χ1) is 17.3. The number of nitrogens with zero attached hydrogens (tertiary/aromatic N) is 3. The second kappa shape index (κ2) is 14.2. The number of benzene rings is 2. The number of carbonyl (C=O) groups is 2. The molecule has 2 aromatic rings. The SMILES string of the molecule is CC(=O)N1c2ccc(-c3ccc(CNCCN4CCCC4)cc3)cc2[C@H](N(C(=O)O)C(C)C)C[C@@H]1C.Cl.Cl. The molecule has 0 aliphatic carbocycles. The molecule has 2 aliphatic heterocycles. The maximum absolute atomic E-state index is 12.5. The first-order valence-corrected chi connectivity index (χ1v) is 13.2. The van der Waals surface area contributed by atoms with Crippen molar-refractivity contribution < 1.29 is 14.7 Å². The number of hydrogen-bond acceptors (Lipinski definition) is 4. The van der Waals surface area contributed by atoms with Gasteiger partial charge in [-0.1, -0.05) is 30.3 Å². The largest absolute Gasteiger partial charge is 0.465 e. The van der Waals surface area contributed by atoms with Crippen molar-refractivity contribution in [3.63, 3.8) is 0 Å². The van der Waals surface area contributed by atoms with E-state index >= 15 is 0 Å². The second-order valence-corrected chi connectivity index (χ2v) is 10.5. The molecule has 0 unspecified atom stereocenters. The highest BCUT2D eigenvalue weighted by Gasteiger charge is 2.38. The molecular formula is C29H42Cl2N4O3. The van der Waals surface area contributed by atoms with E-state index in [0.717, 1.165) is 42.0 Å². The molecule has 4 rings (SSSR count). The summed E-state index contributed by atoms with van der Waals surface area (Å²) in [6.45, 7) is 12.8. The van der Waals surface area contributed by atoms with E-state index in [4.69, 9.17) is 0 Å². The minimum absolute atomic E-state index is 0. The Labute approximate surface area is 239 Å². The van der Waals surface area contributed by atoms with Crippen molar-refractivity contribution in [1.82, 2.24) is 15.1 Å². The van der Waals surface area contributed by atoms with Gasteiger partial charge in [0.15, 0.2) is 0 Å². The molecule has 2 aliphatic rings. The average molecular weight is 566 g/mol. The molecule has 7 nitrogen and oxygen atoms in total. The van der Waals surface area contributed by atoms with Gasteiger partial charge < -0.3 is 20.2 Å². The van der Waals surface area contributed by atoms with E-state index in [-0.39, 0.29) is 48.8 Å². The lowest BCUT2D eigenvalue weighted by molar-refractivity contribution is -0.117. The van der Waals surface area contributed by atoms with Crippen LogP contribution in [0.2, 0.25) is 0 Å². The maximum Gasteiger partial charge on any atom is 0.408 e. The van der Waals surface area contributed by atoms with Crippen molar-refractivity contribution in [3.05, 3.63) is 53.6 Å². The fraction of sp³-hybridized carbons (Fsp3) is 0.517. The molecule has 1 saturated heterocycles. The fourth-order valence-corrected chi connectivity index (χ4v) is 5.76. The van der Waals surface area contributed by atoms with E-state index in [2.05, 4.69) is 40.5 Å². The van der Waals surface area contributed by atoms with Gasteiger partial charge >= 0.3 is 6.09 Å². The number of fused-ring (bicyclic) bond motifs is 1. The molecule has 0 aromatic heterocycles. The molecule has 0 spiro atoms. The minimum Gasteiger partial charge on any atom is -0.465 e. The van der Waals surface area contributed by atoms with Crippen molar-refractivity contribution in [2.75, 3.05) is 31.1 Å². The zero-order valence-corrected chi connectivity index (χ0v) is 24.5. The van der Waals surface area contributed by atoms with E-state index < -0.39 is 6.09 Å². The number of carboxylic acid groups (broad SMARTS) is 1. The van der Waals surface area contributed by atoms with Crippen molar-refractivity contribution in [3.8, 4) is 11.1 Å². The zero-order chi connectivity index (χ0) is 25.8. The number of hydrogen-bond donors (Lipinski definition) is 2. The third-order valence-corrected chi connectivity index (χ3v) is 7.52. The Bertz CT molecular complexity index is 1070. The molecule has 9 heteroatoms. The van der Waals surface area contributed by atoms with Gasteiger partial charge in [-0.05, 0) is 87.5 Å². The Morgan fingerprint density at radius 3 is 2.26 bits per heavy atom. The summed E-state index contributed by atoms with van der Waals surface area (Å²) in [7, 11) is 0. The molecule has 2 heterocycles. The van der Waals surface area contributed by atoms with Gasteiger partial charge in [-0.3, -0.25) is 9.69 Å². The number of halogens is 2. The van der Waals surface area contributed by atoms with Crippen LogP contribution in [0.1, 0.15) is 64.1 Å². The van der Waals surface area contributed by atoms with Crippen LogP contribution >= 0.6 is 24.8 Å². The van der Waals surface area contributed by atoms with Gasteiger partial charge in [-0.15, -0.1) is 24.8 Å². The summed E-state index contributed by atoms with van der Waals surface area (Å²) in [4.78, 5) is 30.5. The van der Waals surface area contributed by atoms with Crippen LogP contribution in [0.5, 0.6) is 0 Å². The lowest BCUT2D eigenvalue weighted by Crippen LogP contribution is -2.48. The average Bonchev–Trinajstić information content (AvgIpc) is 3.35. The molecule has 2 atom stereocenters. The minimum atomic E-state index is -0.934. The van der Waals surface area contributed by atoms with E-state index in [1.165, 1.54) is 36.4 Å². The zero-order valence-electron chi connectivity index (χ0n) is 22.9. The van der Waals surface area contributed by atoms with Crippen molar-refractivity contribution >= 4 is 42.5 Å². The molecule has 210 valence electrons. The van der Waals surface area contributed by atoms with Crippen molar-refractivity contribution in [1.29, 1.82) is 0 Å². The van der Waals surface area contributed by atoms with Crippen LogP contribution in [-0.2, 0) is 11.3 Å². The second-order valence-electron chi connectivity index (χ2n) is 10.5. The first-order valence-electron chi connectivity index (χ1n) is 13.2. The van der Waals surface area contributed by atoms with Crippen LogP contribution in [0.3, 0.4) is 0 Å². The Morgan fingerprint density at radius 1 is 1.05 bits per heavy atom.